The Morgan fingerprint density at radius 1 is 0.528 bits per heavy atom. The molecule has 0 fully saturated rings. The molecular weight excluding hydrogens is 504 g/mol. The van der Waals surface area contributed by atoms with Gasteiger partial charge in [0, 0.05) is 15.7 Å². The van der Waals surface area contributed by atoms with E-state index < -0.39 is 0 Å². The van der Waals surface area contributed by atoms with Crippen molar-refractivity contribution in [3.8, 4) is 28.2 Å². The summed E-state index contributed by atoms with van der Waals surface area (Å²) in [4.78, 5) is 5.09. The van der Waals surface area contributed by atoms with Crippen molar-refractivity contribution in [1.82, 2.24) is 9.55 Å². The highest BCUT2D eigenvalue weighted by molar-refractivity contribution is 9.10. The monoisotopic (exact) mass is 524 g/mol. The molecule has 0 aliphatic rings. The van der Waals surface area contributed by atoms with Crippen molar-refractivity contribution in [3.63, 3.8) is 0 Å². The molecule has 6 aromatic carbocycles. The predicted molar refractivity (Wildman–Crippen MR) is 155 cm³/mol. The molecule has 0 bridgehead atoms. The van der Waals surface area contributed by atoms with Gasteiger partial charge in [-0.1, -0.05) is 97.1 Å². The van der Waals surface area contributed by atoms with Crippen LogP contribution >= 0.6 is 15.9 Å². The van der Waals surface area contributed by atoms with Gasteiger partial charge in [-0.2, -0.15) is 0 Å². The number of nitrogens with zero attached hydrogens (tertiary/aromatic N) is 2. The van der Waals surface area contributed by atoms with Gasteiger partial charge in [0.2, 0.25) is 0 Å². The van der Waals surface area contributed by atoms with Crippen LogP contribution in [0.3, 0.4) is 0 Å². The minimum Gasteiger partial charge on any atom is -0.292 e. The molecule has 0 saturated carbocycles. The Balaban J connectivity index is 1.52. The molecule has 2 nitrogen and oxygen atoms in total. The summed E-state index contributed by atoms with van der Waals surface area (Å²) in [6.07, 6.45) is 0. The highest BCUT2D eigenvalue weighted by atomic mass is 79.9. The maximum atomic E-state index is 5.09. The zero-order chi connectivity index (χ0) is 24.1. The molecule has 170 valence electrons. The third-order valence-corrected chi connectivity index (χ3v) is 7.70. The third-order valence-electron chi connectivity index (χ3n) is 6.85. The van der Waals surface area contributed by atoms with Gasteiger partial charge in [0.1, 0.15) is 5.82 Å². The van der Waals surface area contributed by atoms with Gasteiger partial charge < -0.3 is 0 Å². The summed E-state index contributed by atoms with van der Waals surface area (Å²) >= 11 is 3.88. The molecule has 0 unspecified atom stereocenters. The van der Waals surface area contributed by atoms with Crippen LogP contribution < -0.4 is 0 Å². The molecule has 0 saturated heterocycles. The Hall–Kier alpha value is -4.21. The lowest BCUT2D eigenvalue weighted by Gasteiger charge is -2.15. The predicted octanol–water partition coefficient (Wildman–Crippen LogP) is 9.43. The van der Waals surface area contributed by atoms with Crippen molar-refractivity contribution in [1.29, 1.82) is 0 Å². The normalized spacial score (nSPS) is 11.5. The first-order chi connectivity index (χ1) is 17.8. The molecule has 7 aromatic rings. The number of imidazole rings is 1. The molecule has 0 aliphatic heterocycles. The van der Waals surface area contributed by atoms with E-state index in [1.54, 1.807) is 0 Å². The molecule has 0 aliphatic carbocycles. The van der Waals surface area contributed by atoms with Gasteiger partial charge in [0.15, 0.2) is 0 Å². The Labute approximate surface area is 217 Å². The van der Waals surface area contributed by atoms with Gasteiger partial charge in [-0.05, 0) is 78.9 Å². The van der Waals surface area contributed by atoms with Crippen LogP contribution in [-0.4, -0.2) is 9.55 Å². The van der Waals surface area contributed by atoms with Crippen LogP contribution in [0.25, 0.3) is 60.8 Å². The van der Waals surface area contributed by atoms with Crippen LogP contribution in [0.2, 0.25) is 0 Å². The number of hydrogen-bond donors (Lipinski definition) is 0. The number of halogens is 1. The van der Waals surface area contributed by atoms with Gasteiger partial charge >= 0.3 is 0 Å². The van der Waals surface area contributed by atoms with E-state index in [9.17, 15) is 0 Å². The van der Waals surface area contributed by atoms with Gasteiger partial charge in [-0.25, -0.2) is 4.98 Å². The van der Waals surface area contributed by atoms with Crippen LogP contribution in [0.15, 0.2) is 132 Å². The topological polar surface area (TPSA) is 17.8 Å². The molecule has 1 aromatic heterocycles. The van der Waals surface area contributed by atoms with Crippen LogP contribution in [0.1, 0.15) is 0 Å². The van der Waals surface area contributed by atoms with Crippen molar-refractivity contribution in [3.05, 3.63) is 132 Å². The van der Waals surface area contributed by atoms with E-state index >= 15 is 0 Å². The summed E-state index contributed by atoms with van der Waals surface area (Å²) in [6, 6.07) is 44.8. The van der Waals surface area contributed by atoms with Crippen molar-refractivity contribution in [2.24, 2.45) is 0 Å². The van der Waals surface area contributed by atoms with E-state index in [-0.39, 0.29) is 0 Å². The summed E-state index contributed by atoms with van der Waals surface area (Å²) in [7, 11) is 0. The van der Waals surface area contributed by atoms with E-state index in [4.69, 9.17) is 4.98 Å². The lowest BCUT2D eigenvalue weighted by Crippen LogP contribution is -1.97. The number of aromatic nitrogens is 2. The summed E-state index contributed by atoms with van der Waals surface area (Å²) in [6.45, 7) is 0. The highest BCUT2D eigenvalue weighted by Gasteiger charge is 2.17. The van der Waals surface area contributed by atoms with Crippen LogP contribution in [0, 0.1) is 0 Å². The SMILES string of the molecule is Brc1c2ccccc2c(-c2cccc(-c3nc4ccccc4n3-c3ccccc3)c2)c2ccccc12. The largest absolute Gasteiger partial charge is 0.292 e. The minimum absolute atomic E-state index is 0.940. The molecule has 0 radical (unpaired) electrons. The Morgan fingerprint density at radius 3 is 1.83 bits per heavy atom. The second-order valence-corrected chi connectivity index (χ2v) is 9.75. The zero-order valence-corrected chi connectivity index (χ0v) is 21.0. The number of hydrogen-bond acceptors (Lipinski definition) is 1. The van der Waals surface area contributed by atoms with Crippen LogP contribution in [-0.2, 0) is 0 Å². The lowest BCUT2D eigenvalue weighted by molar-refractivity contribution is 1.10. The molecule has 0 amide bonds. The summed E-state index contributed by atoms with van der Waals surface area (Å²) in [5.41, 5.74) is 6.70. The van der Waals surface area contributed by atoms with E-state index in [1.165, 1.54) is 32.7 Å². The van der Waals surface area contributed by atoms with Gasteiger partial charge in [0.05, 0.1) is 11.0 Å². The van der Waals surface area contributed by atoms with Crippen molar-refractivity contribution in [2.75, 3.05) is 0 Å². The summed E-state index contributed by atoms with van der Waals surface area (Å²) in [5.74, 6) is 0.940. The fourth-order valence-electron chi connectivity index (χ4n) is 5.26. The smallest absolute Gasteiger partial charge is 0.145 e. The first-order valence-electron chi connectivity index (χ1n) is 12.0. The van der Waals surface area contributed by atoms with Gasteiger partial charge in [0.25, 0.3) is 0 Å². The fourth-order valence-corrected chi connectivity index (χ4v) is 5.95. The van der Waals surface area contributed by atoms with Gasteiger partial charge in [-0.3, -0.25) is 4.57 Å². The third kappa shape index (κ3) is 3.28. The maximum Gasteiger partial charge on any atom is 0.145 e. The first-order valence-corrected chi connectivity index (χ1v) is 12.8. The van der Waals surface area contributed by atoms with E-state index in [0.29, 0.717) is 0 Å². The summed E-state index contributed by atoms with van der Waals surface area (Å²) < 4.78 is 3.39. The lowest BCUT2D eigenvalue weighted by atomic mass is 9.91. The highest BCUT2D eigenvalue weighted by Crippen LogP contribution is 2.42. The zero-order valence-electron chi connectivity index (χ0n) is 19.4. The Bertz CT molecular complexity index is 1840. The van der Waals surface area contributed by atoms with Gasteiger partial charge in [-0.15, -0.1) is 0 Å². The molecule has 0 spiro atoms. The molecule has 0 atom stereocenters. The molecule has 0 N–H and O–H groups in total. The molecule has 1 heterocycles. The van der Waals surface area contributed by atoms with E-state index in [2.05, 4.69) is 136 Å². The minimum atomic E-state index is 0.940. The standard InChI is InChI=1S/C33H21BrN2/c34-32-27-17-6-4-15-25(27)31(26-16-5-7-18-28(26)32)22-11-10-12-23(21-22)33-35-29-19-8-9-20-30(29)36(33)24-13-2-1-3-14-24/h1-21H. The quantitative estimate of drug-likeness (QED) is 0.210. The fraction of sp³-hybridized carbons (Fsp3) is 0. The molecule has 36 heavy (non-hydrogen) atoms. The van der Waals surface area contributed by atoms with Crippen LogP contribution in [0.5, 0.6) is 0 Å². The number of fused-ring (bicyclic) bond motifs is 3. The second-order valence-electron chi connectivity index (χ2n) is 8.96. The second kappa shape index (κ2) is 8.47. The van der Waals surface area contributed by atoms with E-state index in [0.717, 1.165) is 32.6 Å². The molecule has 3 heteroatoms. The summed E-state index contributed by atoms with van der Waals surface area (Å²) in [5, 5.41) is 4.90. The van der Waals surface area contributed by atoms with Crippen molar-refractivity contribution >= 4 is 48.5 Å². The van der Waals surface area contributed by atoms with Crippen LogP contribution in [0.4, 0.5) is 0 Å². The average molecular weight is 525 g/mol. The number of rotatable bonds is 3. The maximum absolute atomic E-state index is 5.09. The van der Waals surface area contributed by atoms with Crippen molar-refractivity contribution in [2.45, 2.75) is 0 Å². The number of benzene rings is 6. The Morgan fingerprint density at radius 2 is 1.11 bits per heavy atom. The van der Waals surface area contributed by atoms with E-state index in [1.807, 2.05) is 12.1 Å². The van der Waals surface area contributed by atoms with Crippen molar-refractivity contribution < 1.29 is 0 Å². The Kier molecular flexibility index (Phi) is 4.97. The number of para-hydroxylation sites is 3. The average Bonchev–Trinajstić information content (AvgIpc) is 3.34. The molecule has 7 rings (SSSR count). The first kappa shape index (κ1) is 21.1. The molecular formula is C33H21BrN2.